The topological polar surface area (TPSA) is 56.2 Å². The molecule has 0 radical (unpaired) electrons. The highest BCUT2D eigenvalue weighted by Gasteiger charge is 2.47. The van der Waals surface area contributed by atoms with Crippen LogP contribution in [-0.4, -0.2) is 29.0 Å². The molecule has 0 aromatic carbocycles. The van der Waals surface area contributed by atoms with E-state index in [4.69, 9.17) is 0 Å². The molecule has 0 fully saturated rings. The van der Waals surface area contributed by atoms with Gasteiger partial charge in [0.15, 0.2) is 6.04 Å². The number of aryl methyl sites for hydroxylation is 1. The number of aromatic nitrogens is 2. The number of halogens is 3. The zero-order chi connectivity index (χ0) is 17.5. The number of carbonyl (C=O) groups excluding carboxylic acids is 1. The second-order valence-electron chi connectivity index (χ2n) is 5.49. The van der Waals surface area contributed by atoms with Crippen LogP contribution in [0.1, 0.15) is 45.5 Å². The summed E-state index contributed by atoms with van der Waals surface area (Å²) in [7, 11) is 1.18. The molecule has 9 heteroatoms. The molecule has 0 amide bonds. The van der Waals surface area contributed by atoms with E-state index < -0.39 is 24.2 Å². The van der Waals surface area contributed by atoms with Gasteiger partial charge in [0.25, 0.3) is 0 Å². The Kier molecular flexibility index (Phi) is 4.29. The quantitative estimate of drug-likeness (QED) is 0.843. The molecular formula is C15H16F3N3O2S. The molecule has 0 aliphatic carbocycles. The van der Waals surface area contributed by atoms with Crippen molar-refractivity contribution in [2.45, 2.75) is 38.0 Å². The highest BCUT2D eigenvalue weighted by molar-refractivity contribution is 7.12. The van der Waals surface area contributed by atoms with Gasteiger partial charge in [0, 0.05) is 16.2 Å². The first-order valence-corrected chi connectivity index (χ1v) is 8.24. The molecule has 2 aromatic heterocycles. The van der Waals surface area contributed by atoms with E-state index >= 15 is 0 Å². The molecule has 2 aromatic rings. The van der Waals surface area contributed by atoms with Crippen LogP contribution in [0.2, 0.25) is 0 Å². The number of carbonyl (C=O) groups is 1. The largest absolute Gasteiger partial charge is 0.465 e. The number of rotatable bonds is 3. The molecule has 3 heterocycles. The molecule has 5 nitrogen and oxygen atoms in total. The summed E-state index contributed by atoms with van der Waals surface area (Å²) in [5.41, 5.74) is 0.00345. The molecule has 1 N–H and O–H groups in total. The van der Waals surface area contributed by atoms with Crippen LogP contribution in [0.5, 0.6) is 0 Å². The van der Waals surface area contributed by atoms with Crippen LogP contribution in [0.3, 0.4) is 0 Å². The lowest BCUT2D eigenvalue weighted by Crippen LogP contribution is -2.35. The summed E-state index contributed by atoms with van der Waals surface area (Å²) in [4.78, 5) is 13.7. The smallest absolute Gasteiger partial charge is 0.410 e. The van der Waals surface area contributed by atoms with Gasteiger partial charge in [-0.1, -0.05) is 6.92 Å². The Morgan fingerprint density at radius 1 is 1.50 bits per heavy atom. The Hall–Kier alpha value is -2.03. The lowest BCUT2D eigenvalue weighted by molar-refractivity contribution is -0.173. The fourth-order valence-corrected chi connectivity index (χ4v) is 3.80. The van der Waals surface area contributed by atoms with Crippen LogP contribution >= 0.6 is 11.3 Å². The number of esters is 1. The monoisotopic (exact) mass is 359 g/mol. The van der Waals surface area contributed by atoms with E-state index in [1.807, 2.05) is 19.1 Å². The third kappa shape index (κ3) is 2.88. The van der Waals surface area contributed by atoms with E-state index in [9.17, 15) is 18.0 Å². The van der Waals surface area contributed by atoms with Gasteiger partial charge in [-0.05, 0) is 18.6 Å². The Labute approximate surface area is 140 Å². The van der Waals surface area contributed by atoms with E-state index in [1.165, 1.54) is 18.4 Å². The van der Waals surface area contributed by atoms with Gasteiger partial charge in [0.05, 0.1) is 19.3 Å². The zero-order valence-corrected chi connectivity index (χ0v) is 13.9. The van der Waals surface area contributed by atoms with Gasteiger partial charge >= 0.3 is 12.1 Å². The number of fused-ring (bicyclic) bond motifs is 1. The van der Waals surface area contributed by atoms with E-state index in [1.54, 1.807) is 0 Å². The average molecular weight is 359 g/mol. The highest BCUT2D eigenvalue weighted by Crippen LogP contribution is 2.45. The molecular weight excluding hydrogens is 343 g/mol. The number of thiophene rings is 1. The third-order valence-electron chi connectivity index (χ3n) is 4.02. The first-order valence-electron chi connectivity index (χ1n) is 7.42. The number of hydrogen-bond acceptors (Lipinski definition) is 5. The van der Waals surface area contributed by atoms with Crippen molar-refractivity contribution >= 4 is 23.1 Å². The summed E-state index contributed by atoms with van der Waals surface area (Å²) in [6.45, 7) is 1.99. The van der Waals surface area contributed by atoms with E-state index in [2.05, 4.69) is 15.2 Å². The maximum atomic E-state index is 13.5. The molecule has 3 rings (SSSR count). The Balaban J connectivity index is 2.03. The second kappa shape index (κ2) is 6.12. The number of methoxy groups -OCH3 is 1. The van der Waals surface area contributed by atoms with Gasteiger partial charge in [0.1, 0.15) is 11.4 Å². The van der Waals surface area contributed by atoms with Crippen LogP contribution in [0.15, 0.2) is 18.3 Å². The summed E-state index contributed by atoms with van der Waals surface area (Å²) in [6.07, 6.45) is -2.70. The average Bonchev–Trinajstić information content (AvgIpc) is 3.18. The fourth-order valence-electron chi connectivity index (χ4n) is 2.78. The van der Waals surface area contributed by atoms with Crippen LogP contribution < -0.4 is 5.32 Å². The number of anilines is 1. The first kappa shape index (κ1) is 16.8. The lowest BCUT2D eigenvalue weighted by atomic mass is 10.0. The van der Waals surface area contributed by atoms with Crippen molar-refractivity contribution in [3.8, 4) is 0 Å². The molecule has 0 saturated carbocycles. The highest BCUT2D eigenvalue weighted by atomic mass is 32.1. The molecule has 0 unspecified atom stereocenters. The van der Waals surface area contributed by atoms with E-state index in [0.29, 0.717) is 0 Å². The molecule has 1 aliphatic rings. The van der Waals surface area contributed by atoms with Crippen LogP contribution in [0.25, 0.3) is 0 Å². The molecule has 0 spiro atoms. The molecule has 24 heavy (non-hydrogen) atoms. The summed E-state index contributed by atoms with van der Waals surface area (Å²) in [5, 5.41) is 6.79. The number of alkyl halides is 3. The maximum Gasteiger partial charge on any atom is 0.410 e. The molecule has 0 saturated heterocycles. The second-order valence-corrected chi connectivity index (χ2v) is 6.69. The summed E-state index contributed by atoms with van der Waals surface area (Å²) in [6, 6.07) is 1.43. The number of hydrogen-bond donors (Lipinski definition) is 1. The minimum Gasteiger partial charge on any atom is -0.465 e. The molecule has 130 valence electrons. The van der Waals surface area contributed by atoms with Gasteiger partial charge in [-0.25, -0.2) is 9.48 Å². The van der Waals surface area contributed by atoms with Gasteiger partial charge in [-0.3, -0.25) is 0 Å². The number of nitrogens with one attached hydrogen (secondary N) is 1. The zero-order valence-electron chi connectivity index (χ0n) is 13.1. The van der Waals surface area contributed by atoms with Crippen molar-refractivity contribution in [3.05, 3.63) is 33.6 Å². The summed E-state index contributed by atoms with van der Waals surface area (Å²) in [5.74, 6) is -0.669. The van der Waals surface area contributed by atoms with Crippen LogP contribution in [0, 0.1) is 0 Å². The molecule has 0 bridgehead atoms. The Morgan fingerprint density at radius 2 is 2.25 bits per heavy atom. The maximum absolute atomic E-state index is 13.5. The van der Waals surface area contributed by atoms with Crippen molar-refractivity contribution in [1.29, 1.82) is 0 Å². The standard InChI is InChI=1S/C15H16F3N3O2S/c1-3-8-4-5-11(24-8)10-6-12(15(16,17)18)21-13(20-10)9(7-19-21)14(22)23-2/h4-5,7,10,12,20H,3,6H2,1-2H3/t10-,12+/m1/s1. The lowest BCUT2D eigenvalue weighted by Gasteiger charge is -2.33. The third-order valence-corrected chi connectivity index (χ3v) is 5.36. The summed E-state index contributed by atoms with van der Waals surface area (Å²) >= 11 is 1.47. The van der Waals surface area contributed by atoms with Gasteiger partial charge in [0.2, 0.25) is 0 Å². The van der Waals surface area contributed by atoms with Crippen molar-refractivity contribution in [2.75, 3.05) is 12.4 Å². The molecule has 2 atom stereocenters. The Morgan fingerprint density at radius 3 is 2.83 bits per heavy atom. The first-order chi connectivity index (χ1) is 11.3. The minimum atomic E-state index is -4.46. The van der Waals surface area contributed by atoms with Crippen LogP contribution in [0.4, 0.5) is 19.0 Å². The number of nitrogens with zero attached hydrogens (tertiary/aromatic N) is 2. The molecule has 1 aliphatic heterocycles. The SMILES string of the molecule is CCc1ccc([C@H]2C[C@@H](C(F)(F)F)n3ncc(C(=O)OC)c3N2)s1. The van der Waals surface area contributed by atoms with Crippen molar-refractivity contribution < 1.29 is 22.7 Å². The predicted molar refractivity (Wildman–Crippen MR) is 83.3 cm³/mol. The van der Waals surface area contributed by atoms with Gasteiger partial charge in [-0.15, -0.1) is 11.3 Å². The minimum absolute atomic E-state index is 0.00345. The van der Waals surface area contributed by atoms with Gasteiger partial charge < -0.3 is 10.1 Å². The van der Waals surface area contributed by atoms with Crippen molar-refractivity contribution in [1.82, 2.24) is 9.78 Å². The van der Waals surface area contributed by atoms with Crippen molar-refractivity contribution in [2.24, 2.45) is 0 Å². The summed E-state index contributed by atoms with van der Waals surface area (Å²) < 4.78 is 45.9. The van der Waals surface area contributed by atoms with Gasteiger partial charge in [-0.2, -0.15) is 18.3 Å². The van der Waals surface area contributed by atoms with E-state index in [-0.39, 0.29) is 17.8 Å². The number of ether oxygens (including phenoxy) is 1. The van der Waals surface area contributed by atoms with E-state index in [0.717, 1.165) is 27.1 Å². The van der Waals surface area contributed by atoms with Crippen molar-refractivity contribution in [3.63, 3.8) is 0 Å². The normalized spacial score (nSPS) is 20.4. The Bertz CT molecular complexity index is 753. The predicted octanol–water partition coefficient (Wildman–Crippen LogP) is 3.95. The fraction of sp³-hybridized carbons (Fsp3) is 0.467. The van der Waals surface area contributed by atoms with Crippen LogP contribution in [-0.2, 0) is 11.2 Å².